The van der Waals surface area contributed by atoms with Crippen molar-refractivity contribution in [2.75, 3.05) is 5.32 Å². The van der Waals surface area contributed by atoms with E-state index in [0.717, 1.165) is 11.4 Å². The quantitative estimate of drug-likeness (QED) is 0.945. The molecule has 0 atom stereocenters. The minimum absolute atomic E-state index is 0.0495. The molecule has 104 valence electrons. The van der Waals surface area contributed by atoms with Gasteiger partial charge >= 0.3 is 0 Å². The first kappa shape index (κ1) is 14.3. The molecule has 0 unspecified atom stereocenters. The number of hydrogen-bond donors (Lipinski definition) is 1. The van der Waals surface area contributed by atoms with Crippen molar-refractivity contribution in [3.8, 4) is 0 Å². The van der Waals surface area contributed by atoms with Gasteiger partial charge in [0.2, 0.25) is 5.91 Å². The maximum absolute atomic E-state index is 12.0. The summed E-state index contributed by atoms with van der Waals surface area (Å²) in [5, 5.41) is 3.35. The van der Waals surface area contributed by atoms with Crippen molar-refractivity contribution in [2.45, 2.75) is 20.4 Å². The Bertz CT molecular complexity index is 681. The Morgan fingerprint density at radius 3 is 2.45 bits per heavy atom. The summed E-state index contributed by atoms with van der Waals surface area (Å²) in [5.74, 6) is -0.165. The Labute approximate surface area is 122 Å². The number of rotatable bonds is 3. The van der Waals surface area contributed by atoms with Crippen molar-refractivity contribution in [1.82, 2.24) is 4.57 Å². The summed E-state index contributed by atoms with van der Waals surface area (Å²) >= 11 is 5.87. The van der Waals surface area contributed by atoms with E-state index in [9.17, 15) is 9.59 Å². The van der Waals surface area contributed by atoms with Gasteiger partial charge in [-0.2, -0.15) is 0 Å². The van der Waals surface area contributed by atoms with Crippen LogP contribution < -0.4 is 10.7 Å². The number of aryl methyl sites for hydroxylation is 2. The maximum Gasteiger partial charge on any atom is 0.244 e. The van der Waals surface area contributed by atoms with E-state index in [-0.39, 0.29) is 17.9 Å². The molecule has 2 aromatic rings. The number of nitrogens with one attached hydrogen (secondary N) is 1. The van der Waals surface area contributed by atoms with Crippen LogP contribution >= 0.6 is 11.6 Å². The van der Waals surface area contributed by atoms with Crippen LogP contribution in [0.25, 0.3) is 0 Å². The third kappa shape index (κ3) is 3.48. The molecule has 1 N–H and O–H groups in total. The number of amides is 1. The van der Waals surface area contributed by atoms with Crippen molar-refractivity contribution in [3.63, 3.8) is 0 Å². The zero-order valence-corrected chi connectivity index (χ0v) is 12.1. The molecule has 0 aliphatic carbocycles. The molecule has 0 fully saturated rings. The first-order valence-electron chi connectivity index (χ1n) is 6.19. The van der Waals surface area contributed by atoms with Gasteiger partial charge in [-0.05, 0) is 32.0 Å². The summed E-state index contributed by atoms with van der Waals surface area (Å²) < 4.78 is 1.79. The van der Waals surface area contributed by atoms with Crippen LogP contribution in [0.1, 0.15) is 11.4 Å². The Morgan fingerprint density at radius 1 is 1.20 bits per heavy atom. The third-order valence-corrected chi connectivity index (χ3v) is 3.20. The van der Waals surface area contributed by atoms with E-state index < -0.39 is 0 Å². The van der Waals surface area contributed by atoms with Crippen molar-refractivity contribution in [3.05, 3.63) is 63.0 Å². The maximum atomic E-state index is 12.0. The second kappa shape index (κ2) is 5.92. The van der Waals surface area contributed by atoms with Crippen LogP contribution in [0.15, 0.2) is 41.2 Å². The average molecular weight is 291 g/mol. The van der Waals surface area contributed by atoms with Crippen LogP contribution in [0.4, 0.5) is 5.69 Å². The summed E-state index contributed by atoms with van der Waals surface area (Å²) in [5.41, 5.74) is 2.12. The molecule has 4 nitrogen and oxygen atoms in total. The van der Waals surface area contributed by atoms with E-state index in [2.05, 4.69) is 5.32 Å². The number of carbonyl (C=O) groups is 1. The molecule has 0 aliphatic heterocycles. The topological polar surface area (TPSA) is 51.1 Å². The Morgan fingerprint density at radius 2 is 1.85 bits per heavy atom. The summed E-state index contributed by atoms with van der Waals surface area (Å²) in [7, 11) is 0. The number of benzene rings is 1. The van der Waals surface area contributed by atoms with Gasteiger partial charge in [-0.1, -0.05) is 17.7 Å². The van der Waals surface area contributed by atoms with E-state index in [4.69, 9.17) is 11.6 Å². The molecule has 1 aromatic heterocycles. The van der Waals surface area contributed by atoms with Crippen molar-refractivity contribution in [2.24, 2.45) is 0 Å². The van der Waals surface area contributed by atoms with E-state index in [1.165, 1.54) is 12.1 Å². The Hall–Kier alpha value is -2.07. The number of anilines is 1. The SMILES string of the molecule is Cc1cc(=O)cc(C)n1CC(=O)Nc1cccc(Cl)c1. The lowest BCUT2D eigenvalue weighted by molar-refractivity contribution is -0.116. The van der Waals surface area contributed by atoms with E-state index in [1.54, 1.807) is 42.7 Å². The van der Waals surface area contributed by atoms with Gasteiger partial charge in [0.05, 0.1) is 0 Å². The zero-order valence-electron chi connectivity index (χ0n) is 11.3. The van der Waals surface area contributed by atoms with Crippen LogP contribution in [0.3, 0.4) is 0 Å². The van der Waals surface area contributed by atoms with Gasteiger partial charge in [-0.15, -0.1) is 0 Å². The number of hydrogen-bond acceptors (Lipinski definition) is 2. The fourth-order valence-corrected chi connectivity index (χ4v) is 2.24. The molecule has 0 radical (unpaired) electrons. The fourth-order valence-electron chi connectivity index (χ4n) is 2.05. The predicted octanol–water partition coefficient (Wildman–Crippen LogP) is 2.76. The molecule has 5 heteroatoms. The van der Waals surface area contributed by atoms with Gasteiger partial charge in [0, 0.05) is 34.2 Å². The van der Waals surface area contributed by atoms with Crippen LogP contribution in [0.5, 0.6) is 0 Å². The van der Waals surface area contributed by atoms with Gasteiger partial charge in [0.15, 0.2) is 5.43 Å². The average Bonchev–Trinajstić information content (AvgIpc) is 2.33. The van der Waals surface area contributed by atoms with E-state index in [1.807, 2.05) is 0 Å². The molecular weight excluding hydrogens is 276 g/mol. The molecule has 0 bridgehead atoms. The van der Waals surface area contributed by atoms with Crippen molar-refractivity contribution in [1.29, 1.82) is 0 Å². The monoisotopic (exact) mass is 290 g/mol. The highest BCUT2D eigenvalue weighted by Gasteiger charge is 2.07. The molecule has 0 saturated heterocycles. The number of nitrogens with zero attached hydrogens (tertiary/aromatic N) is 1. The van der Waals surface area contributed by atoms with Crippen LogP contribution in [-0.4, -0.2) is 10.5 Å². The number of aromatic nitrogens is 1. The summed E-state index contributed by atoms with van der Waals surface area (Å²) in [6.07, 6.45) is 0. The summed E-state index contributed by atoms with van der Waals surface area (Å²) in [6.45, 7) is 3.77. The van der Waals surface area contributed by atoms with E-state index >= 15 is 0 Å². The molecule has 0 saturated carbocycles. The highest BCUT2D eigenvalue weighted by atomic mass is 35.5. The minimum Gasteiger partial charge on any atom is -0.340 e. The smallest absolute Gasteiger partial charge is 0.244 e. The zero-order chi connectivity index (χ0) is 14.7. The lowest BCUT2D eigenvalue weighted by Gasteiger charge is -2.14. The summed E-state index contributed by atoms with van der Waals surface area (Å²) in [6, 6.07) is 10.00. The molecule has 2 rings (SSSR count). The highest BCUT2D eigenvalue weighted by molar-refractivity contribution is 6.30. The van der Waals surface area contributed by atoms with Gasteiger partial charge in [-0.25, -0.2) is 0 Å². The molecule has 1 aromatic carbocycles. The first-order valence-corrected chi connectivity index (χ1v) is 6.57. The first-order chi connectivity index (χ1) is 9.45. The molecular formula is C15H15ClN2O2. The number of carbonyl (C=O) groups excluding carboxylic acids is 1. The van der Waals surface area contributed by atoms with Gasteiger partial charge in [0.1, 0.15) is 6.54 Å². The molecule has 0 aliphatic rings. The number of pyridine rings is 1. The van der Waals surface area contributed by atoms with Gasteiger partial charge < -0.3 is 9.88 Å². The Kier molecular flexibility index (Phi) is 4.25. The largest absolute Gasteiger partial charge is 0.340 e. The van der Waals surface area contributed by atoms with Crippen LogP contribution in [-0.2, 0) is 11.3 Å². The van der Waals surface area contributed by atoms with E-state index in [0.29, 0.717) is 10.7 Å². The predicted molar refractivity (Wildman–Crippen MR) is 80.3 cm³/mol. The van der Waals surface area contributed by atoms with Gasteiger partial charge in [0.25, 0.3) is 0 Å². The lowest BCUT2D eigenvalue weighted by Crippen LogP contribution is -2.23. The second-order valence-electron chi connectivity index (χ2n) is 4.62. The molecule has 20 heavy (non-hydrogen) atoms. The highest BCUT2D eigenvalue weighted by Crippen LogP contribution is 2.15. The van der Waals surface area contributed by atoms with Crippen molar-refractivity contribution >= 4 is 23.2 Å². The van der Waals surface area contributed by atoms with Gasteiger partial charge in [-0.3, -0.25) is 9.59 Å². The number of halogens is 1. The Balaban J connectivity index is 2.15. The standard InChI is InChI=1S/C15H15ClN2O2/c1-10-6-14(19)7-11(2)18(10)9-15(20)17-13-5-3-4-12(16)8-13/h3-8H,9H2,1-2H3,(H,17,20). The molecule has 1 heterocycles. The van der Waals surface area contributed by atoms with Crippen LogP contribution in [0.2, 0.25) is 5.02 Å². The third-order valence-electron chi connectivity index (χ3n) is 2.96. The lowest BCUT2D eigenvalue weighted by atomic mass is 10.2. The fraction of sp³-hybridized carbons (Fsp3) is 0.200. The summed E-state index contributed by atoms with van der Waals surface area (Å²) in [4.78, 5) is 23.4. The normalized spacial score (nSPS) is 10.3. The second-order valence-corrected chi connectivity index (χ2v) is 5.05. The van der Waals surface area contributed by atoms with Crippen LogP contribution in [0, 0.1) is 13.8 Å². The molecule has 1 amide bonds. The van der Waals surface area contributed by atoms with Crippen molar-refractivity contribution < 1.29 is 4.79 Å². The minimum atomic E-state index is -0.165. The molecule has 0 spiro atoms.